The first-order valence-electron chi connectivity index (χ1n) is 11.8. The predicted octanol–water partition coefficient (Wildman–Crippen LogP) is 4.56. The van der Waals surface area contributed by atoms with Crippen LogP contribution in [-0.2, 0) is 26.2 Å². The van der Waals surface area contributed by atoms with Crippen molar-refractivity contribution in [3.8, 4) is 0 Å². The summed E-state index contributed by atoms with van der Waals surface area (Å²) in [6.07, 6.45) is 2.83. The molecule has 192 valence electrons. The quantitative estimate of drug-likeness (QED) is 0.415. The highest BCUT2D eigenvalue weighted by molar-refractivity contribution is 7.92. The first-order valence-corrected chi connectivity index (χ1v) is 14.1. The molecule has 0 heterocycles. The number of rotatable bonds is 12. The van der Waals surface area contributed by atoms with Gasteiger partial charge >= 0.3 is 0 Å². The first kappa shape index (κ1) is 28.7. The van der Waals surface area contributed by atoms with Crippen LogP contribution in [0.15, 0.2) is 48.5 Å². The van der Waals surface area contributed by atoms with Crippen LogP contribution in [-0.4, -0.2) is 50.5 Å². The lowest BCUT2D eigenvalue weighted by Crippen LogP contribution is -2.51. The number of amides is 2. The Balaban J connectivity index is 2.35. The van der Waals surface area contributed by atoms with Crippen LogP contribution in [0.5, 0.6) is 0 Å². The summed E-state index contributed by atoms with van der Waals surface area (Å²) in [5, 5.41) is 3.37. The molecule has 1 N–H and O–H groups in total. The van der Waals surface area contributed by atoms with Crippen LogP contribution >= 0.6 is 11.6 Å². The van der Waals surface area contributed by atoms with Gasteiger partial charge in [-0.15, -0.1) is 0 Å². The number of anilines is 1. The van der Waals surface area contributed by atoms with Gasteiger partial charge in [0.05, 0.1) is 11.9 Å². The van der Waals surface area contributed by atoms with Crippen molar-refractivity contribution in [2.24, 2.45) is 0 Å². The van der Waals surface area contributed by atoms with Gasteiger partial charge in [-0.2, -0.15) is 0 Å². The number of nitrogens with one attached hydrogen (secondary N) is 1. The lowest BCUT2D eigenvalue weighted by molar-refractivity contribution is -0.139. The van der Waals surface area contributed by atoms with Crippen LogP contribution in [0, 0.1) is 0 Å². The Morgan fingerprint density at radius 2 is 1.71 bits per heavy atom. The maximum atomic E-state index is 13.5. The number of nitrogens with zero attached hydrogens (tertiary/aromatic N) is 2. The van der Waals surface area contributed by atoms with Crippen LogP contribution in [0.4, 0.5) is 5.69 Å². The number of hydrogen-bond donors (Lipinski definition) is 1. The number of unbranched alkanes of at least 4 members (excludes halogenated alkanes) is 1. The van der Waals surface area contributed by atoms with Crippen molar-refractivity contribution < 1.29 is 18.0 Å². The molecule has 0 unspecified atom stereocenters. The Labute approximate surface area is 214 Å². The van der Waals surface area contributed by atoms with Crippen molar-refractivity contribution in [3.05, 3.63) is 64.7 Å². The van der Waals surface area contributed by atoms with Crippen molar-refractivity contribution in [3.63, 3.8) is 0 Å². The fraction of sp³-hybridized carbons (Fsp3) is 0.462. The third kappa shape index (κ3) is 8.54. The smallest absolute Gasteiger partial charge is 0.244 e. The lowest BCUT2D eigenvalue weighted by Gasteiger charge is -2.31. The van der Waals surface area contributed by atoms with Gasteiger partial charge in [-0.05, 0) is 54.7 Å². The summed E-state index contributed by atoms with van der Waals surface area (Å²) in [6, 6.07) is 13.3. The summed E-state index contributed by atoms with van der Waals surface area (Å²) >= 11 is 6.12. The molecule has 0 spiro atoms. The third-order valence-electron chi connectivity index (χ3n) is 5.77. The highest BCUT2D eigenvalue weighted by atomic mass is 35.5. The summed E-state index contributed by atoms with van der Waals surface area (Å²) in [7, 11) is -3.76. The van der Waals surface area contributed by atoms with E-state index in [-0.39, 0.29) is 18.4 Å². The average Bonchev–Trinajstić information content (AvgIpc) is 2.80. The average molecular weight is 522 g/mol. The second-order valence-electron chi connectivity index (χ2n) is 8.99. The van der Waals surface area contributed by atoms with E-state index in [4.69, 9.17) is 11.6 Å². The number of halogens is 1. The van der Waals surface area contributed by atoms with Crippen LogP contribution in [0.25, 0.3) is 0 Å². The van der Waals surface area contributed by atoms with Gasteiger partial charge in [0.1, 0.15) is 12.6 Å². The van der Waals surface area contributed by atoms with Crippen LogP contribution < -0.4 is 9.62 Å². The van der Waals surface area contributed by atoms with E-state index in [0.29, 0.717) is 17.3 Å². The number of hydrogen-bond acceptors (Lipinski definition) is 4. The lowest BCUT2D eigenvalue weighted by atomic mass is 10.0. The van der Waals surface area contributed by atoms with Gasteiger partial charge in [0.15, 0.2) is 0 Å². The van der Waals surface area contributed by atoms with Gasteiger partial charge in [-0.3, -0.25) is 13.9 Å². The molecule has 2 aromatic rings. The number of carbonyl (C=O) groups excluding carboxylic acids is 2. The fourth-order valence-electron chi connectivity index (χ4n) is 3.59. The molecule has 0 fully saturated rings. The van der Waals surface area contributed by atoms with E-state index in [1.165, 1.54) is 4.90 Å². The molecule has 9 heteroatoms. The molecular weight excluding hydrogens is 486 g/mol. The molecule has 0 aromatic heterocycles. The Hall–Kier alpha value is -2.58. The summed E-state index contributed by atoms with van der Waals surface area (Å²) in [4.78, 5) is 27.7. The molecule has 0 saturated heterocycles. The van der Waals surface area contributed by atoms with Gasteiger partial charge < -0.3 is 10.2 Å². The zero-order valence-electron chi connectivity index (χ0n) is 21.1. The topological polar surface area (TPSA) is 86.8 Å². The minimum atomic E-state index is -3.76. The molecule has 0 aliphatic carbocycles. The monoisotopic (exact) mass is 521 g/mol. The molecule has 1 atom stereocenters. The molecule has 0 aliphatic rings. The molecular formula is C26H36ClN3O4S. The SMILES string of the molecule is CCCCNC(=O)[C@@H](C)N(Cc1cccc(Cl)c1)C(=O)CN(c1ccc(C(C)C)cc1)S(C)(=O)=O. The largest absolute Gasteiger partial charge is 0.354 e. The Kier molecular flexibility index (Phi) is 10.6. The molecule has 7 nitrogen and oxygen atoms in total. The van der Waals surface area contributed by atoms with Crippen LogP contribution in [0.1, 0.15) is 57.6 Å². The summed E-state index contributed by atoms with van der Waals surface area (Å²) < 4.78 is 26.4. The number of sulfonamides is 1. The number of carbonyl (C=O) groups is 2. The standard InChI is InChI=1S/C26H36ClN3O4S/c1-6-7-15-28-26(32)20(4)29(17-21-9-8-10-23(27)16-21)25(31)18-30(35(5,33)34)24-13-11-22(12-14-24)19(2)3/h8-14,16,19-20H,6-7,15,17-18H2,1-5H3,(H,28,32)/t20-/m1/s1. The zero-order chi connectivity index (χ0) is 26.2. The zero-order valence-corrected chi connectivity index (χ0v) is 22.7. The number of benzene rings is 2. The second kappa shape index (κ2) is 12.9. The van der Waals surface area contributed by atoms with Gasteiger partial charge in [-0.25, -0.2) is 8.42 Å². The minimum Gasteiger partial charge on any atom is -0.354 e. The maximum absolute atomic E-state index is 13.5. The van der Waals surface area contributed by atoms with E-state index in [2.05, 4.69) is 5.32 Å². The molecule has 0 radical (unpaired) electrons. The molecule has 35 heavy (non-hydrogen) atoms. The van der Waals surface area contributed by atoms with E-state index in [1.807, 2.05) is 39.0 Å². The summed E-state index contributed by atoms with van der Waals surface area (Å²) in [5.74, 6) is -0.486. The Bertz CT molecular complexity index is 1100. The van der Waals surface area contributed by atoms with Crippen molar-refractivity contribution in [1.82, 2.24) is 10.2 Å². The van der Waals surface area contributed by atoms with E-state index in [1.54, 1.807) is 37.3 Å². The Morgan fingerprint density at radius 3 is 2.26 bits per heavy atom. The molecule has 2 aromatic carbocycles. The van der Waals surface area contributed by atoms with Crippen molar-refractivity contribution in [1.29, 1.82) is 0 Å². The second-order valence-corrected chi connectivity index (χ2v) is 11.3. The third-order valence-corrected chi connectivity index (χ3v) is 7.14. The van der Waals surface area contributed by atoms with E-state index in [9.17, 15) is 18.0 Å². The van der Waals surface area contributed by atoms with Gasteiger partial charge in [-0.1, -0.05) is 63.1 Å². The van der Waals surface area contributed by atoms with Crippen molar-refractivity contribution in [2.45, 2.75) is 59.0 Å². The summed E-state index contributed by atoms with van der Waals surface area (Å²) in [5.41, 5.74) is 2.20. The highest BCUT2D eigenvalue weighted by Crippen LogP contribution is 2.23. The van der Waals surface area contributed by atoms with Gasteiger partial charge in [0.2, 0.25) is 21.8 Å². The van der Waals surface area contributed by atoms with Crippen molar-refractivity contribution in [2.75, 3.05) is 23.7 Å². The van der Waals surface area contributed by atoms with E-state index >= 15 is 0 Å². The molecule has 0 aliphatic heterocycles. The minimum absolute atomic E-state index is 0.117. The molecule has 0 bridgehead atoms. The predicted molar refractivity (Wildman–Crippen MR) is 142 cm³/mol. The van der Waals surface area contributed by atoms with Gasteiger partial charge in [0.25, 0.3) is 0 Å². The van der Waals surface area contributed by atoms with E-state index in [0.717, 1.165) is 34.5 Å². The van der Waals surface area contributed by atoms with E-state index < -0.39 is 28.5 Å². The first-order chi connectivity index (χ1) is 16.4. The molecule has 2 amide bonds. The molecule has 0 saturated carbocycles. The maximum Gasteiger partial charge on any atom is 0.244 e. The normalized spacial score (nSPS) is 12.3. The molecule has 2 rings (SSSR count). The van der Waals surface area contributed by atoms with Crippen LogP contribution in [0.2, 0.25) is 5.02 Å². The van der Waals surface area contributed by atoms with Crippen LogP contribution in [0.3, 0.4) is 0 Å². The summed E-state index contributed by atoms with van der Waals surface area (Å²) in [6.45, 7) is 7.97. The van der Waals surface area contributed by atoms with Crippen molar-refractivity contribution >= 4 is 39.1 Å². The van der Waals surface area contributed by atoms with Gasteiger partial charge in [0, 0.05) is 18.1 Å². The Morgan fingerprint density at radius 1 is 1.06 bits per heavy atom. The fourth-order valence-corrected chi connectivity index (χ4v) is 4.65. The highest BCUT2D eigenvalue weighted by Gasteiger charge is 2.30.